The molecule has 2 rings (SSSR count). The Kier molecular flexibility index (Phi) is 3.27. The molecule has 0 aromatic heterocycles. The van der Waals surface area contributed by atoms with Crippen molar-refractivity contribution in [1.82, 2.24) is 0 Å². The summed E-state index contributed by atoms with van der Waals surface area (Å²) in [4.78, 5) is 0. The number of rotatable bonds is 4. The van der Waals surface area contributed by atoms with Gasteiger partial charge in [-0.15, -0.1) is 5.10 Å². The fourth-order valence-corrected chi connectivity index (χ4v) is 1.61. The van der Waals surface area contributed by atoms with Crippen molar-refractivity contribution in [3.63, 3.8) is 0 Å². The van der Waals surface area contributed by atoms with Crippen molar-refractivity contribution >= 4 is 11.7 Å². The molecule has 0 bridgehead atoms. The second-order valence-corrected chi connectivity index (χ2v) is 4.01. The highest BCUT2D eigenvalue weighted by molar-refractivity contribution is 6.03. The van der Waals surface area contributed by atoms with Gasteiger partial charge in [-0.25, -0.2) is 0 Å². The molecule has 1 fully saturated rings. The normalized spacial score (nSPS) is 15.5. The number of guanidine groups is 1. The van der Waals surface area contributed by atoms with Crippen LogP contribution in [0.2, 0.25) is 0 Å². The summed E-state index contributed by atoms with van der Waals surface area (Å²) < 4.78 is 5.12. The van der Waals surface area contributed by atoms with E-state index in [-0.39, 0.29) is 5.96 Å². The molecule has 90 valence electrons. The van der Waals surface area contributed by atoms with Crippen LogP contribution in [0, 0.1) is 5.92 Å². The van der Waals surface area contributed by atoms with Crippen molar-refractivity contribution < 1.29 is 4.74 Å². The summed E-state index contributed by atoms with van der Waals surface area (Å²) >= 11 is 0. The van der Waals surface area contributed by atoms with Crippen molar-refractivity contribution in [3.8, 4) is 5.75 Å². The van der Waals surface area contributed by atoms with Crippen molar-refractivity contribution in [2.24, 2.45) is 27.6 Å². The lowest BCUT2D eigenvalue weighted by molar-refractivity contribution is 0.415. The molecule has 0 aliphatic heterocycles. The van der Waals surface area contributed by atoms with Gasteiger partial charge in [0, 0.05) is 5.92 Å². The fraction of sp³-hybridized carbons (Fsp3) is 0.333. The van der Waals surface area contributed by atoms with E-state index in [0.29, 0.717) is 5.92 Å². The number of hydrogen-bond donors (Lipinski definition) is 2. The Morgan fingerprint density at radius 3 is 2.29 bits per heavy atom. The first kappa shape index (κ1) is 11.4. The van der Waals surface area contributed by atoms with E-state index in [1.165, 1.54) is 0 Å². The van der Waals surface area contributed by atoms with Gasteiger partial charge in [0.15, 0.2) is 0 Å². The molecule has 0 heterocycles. The molecule has 5 nitrogen and oxygen atoms in total. The van der Waals surface area contributed by atoms with Gasteiger partial charge in [-0.1, -0.05) is 0 Å². The van der Waals surface area contributed by atoms with E-state index < -0.39 is 0 Å². The Bertz CT molecular complexity index is 442. The quantitative estimate of drug-likeness (QED) is 0.462. The number of nitrogens with zero attached hydrogens (tertiary/aromatic N) is 2. The third-order valence-electron chi connectivity index (χ3n) is 2.62. The average molecular weight is 232 g/mol. The molecule has 5 heteroatoms. The largest absolute Gasteiger partial charge is 0.497 e. The van der Waals surface area contributed by atoms with Crippen LogP contribution in [0.4, 0.5) is 0 Å². The van der Waals surface area contributed by atoms with Crippen LogP contribution in [-0.2, 0) is 0 Å². The second-order valence-electron chi connectivity index (χ2n) is 4.01. The van der Waals surface area contributed by atoms with E-state index in [9.17, 15) is 0 Å². The summed E-state index contributed by atoms with van der Waals surface area (Å²) in [5, 5.41) is 7.86. The summed E-state index contributed by atoms with van der Waals surface area (Å²) in [5.41, 5.74) is 12.6. The summed E-state index contributed by atoms with van der Waals surface area (Å²) in [6.45, 7) is 0. The van der Waals surface area contributed by atoms with Crippen LogP contribution in [0.5, 0.6) is 5.75 Å². The molecule has 0 saturated heterocycles. The van der Waals surface area contributed by atoms with Gasteiger partial charge in [0.05, 0.1) is 12.8 Å². The van der Waals surface area contributed by atoms with Gasteiger partial charge in [0.25, 0.3) is 0 Å². The molecule has 4 N–H and O–H groups in total. The van der Waals surface area contributed by atoms with E-state index in [1.807, 2.05) is 24.3 Å². The first-order chi connectivity index (χ1) is 8.20. The number of benzene rings is 1. The monoisotopic (exact) mass is 232 g/mol. The maximum atomic E-state index is 5.29. The Labute approximate surface area is 100 Å². The minimum Gasteiger partial charge on any atom is -0.497 e. The topological polar surface area (TPSA) is 86.0 Å². The van der Waals surface area contributed by atoms with Crippen LogP contribution in [0.15, 0.2) is 34.5 Å². The molecule has 0 unspecified atom stereocenters. The standard InChI is InChI=1S/C12H16N4O/c1-17-10-6-4-9(5-7-10)11(8-2-3-8)15-16-12(13)14/h4-8H,2-3H2,1H3,(H4,13,14,16). The van der Waals surface area contributed by atoms with E-state index >= 15 is 0 Å². The van der Waals surface area contributed by atoms with Gasteiger partial charge >= 0.3 is 0 Å². The molecular formula is C12H16N4O. The highest BCUT2D eigenvalue weighted by Crippen LogP contribution is 2.33. The van der Waals surface area contributed by atoms with Gasteiger partial charge in [0.2, 0.25) is 5.96 Å². The maximum Gasteiger partial charge on any atom is 0.211 e. The highest BCUT2D eigenvalue weighted by atomic mass is 16.5. The van der Waals surface area contributed by atoms with E-state index in [2.05, 4.69) is 10.2 Å². The van der Waals surface area contributed by atoms with Crippen molar-refractivity contribution in [1.29, 1.82) is 0 Å². The molecule has 1 aromatic carbocycles. The zero-order valence-electron chi connectivity index (χ0n) is 9.76. The third kappa shape index (κ3) is 2.96. The van der Waals surface area contributed by atoms with Gasteiger partial charge in [-0.05, 0) is 42.7 Å². The number of hydrogen-bond acceptors (Lipinski definition) is 3. The van der Waals surface area contributed by atoms with E-state index in [1.54, 1.807) is 7.11 Å². The lowest BCUT2D eigenvalue weighted by Gasteiger charge is -2.05. The van der Waals surface area contributed by atoms with E-state index in [4.69, 9.17) is 16.2 Å². The predicted octanol–water partition coefficient (Wildman–Crippen LogP) is 1.08. The second kappa shape index (κ2) is 4.86. The molecule has 1 aliphatic carbocycles. The van der Waals surface area contributed by atoms with E-state index in [0.717, 1.165) is 29.9 Å². The van der Waals surface area contributed by atoms with Crippen LogP contribution < -0.4 is 16.2 Å². The van der Waals surface area contributed by atoms with Gasteiger partial charge < -0.3 is 16.2 Å². The van der Waals surface area contributed by atoms with Crippen LogP contribution in [-0.4, -0.2) is 18.8 Å². The lowest BCUT2D eigenvalue weighted by Crippen LogP contribution is -2.22. The summed E-state index contributed by atoms with van der Waals surface area (Å²) in [7, 11) is 1.64. The zero-order chi connectivity index (χ0) is 12.3. The Hall–Kier alpha value is -2.04. The summed E-state index contributed by atoms with van der Waals surface area (Å²) in [5.74, 6) is 1.29. The highest BCUT2D eigenvalue weighted by Gasteiger charge is 2.28. The summed E-state index contributed by atoms with van der Waals surface area (Å²) in [6.07, 6.45) is 2.29. The average Bonchev–Trinajstić information content (AvgIpc) is 3.14. The van der Waals surface area contributed by atoms with Crippen LogP contribution in [0.3, 0.4) is 0 Å². The molecule has 1 aliphatic rings. The smallest absolute Gasteiger partial charge is 0.211 e. The first-order valence-corrected chi connectivity index (χ1v) is 5.51. The number of nitrogens with two attached hydrogens (primary N) is 2. The third-order valence-corrected chi connectivity index (χ3v) is 2.62. The predicted molar refractivity (Wildman–Crippen MR) is 68.1 cm³/mol. The Balaban J connectivity index is 2.26. The van der Waals surface area contributed by atoms with Gasteiger partial charge in [0.1, 0.15) is 5.75 Å². The minimum absolute atomic E-state index is 0.0170. The lowest BCUT2D eigenvalue weighted by atomic mass is 10.1. The number of methoxy groups -OCH3 is 1. The molecule has 0 atom stereocenters. The molecule has 1 aromatic rings. The van der Waals surface area contributed by atoms with Gasteiger partial charge in [-0.3, -0.25) is 0 Å². The van der Waals surface area contributed by atoms with Crippen LogP contribution in [0.25, 0.3) is 0 Å². The zero-order valence-corrected chi connectivity index (χ0v) is 9.76. The molecule has 0 radical (unpaired) electrons. The Morgan fingerprint density at radius 2 is 1.82 bits per heavy atom. The first-order valence-electron chi connectivity index (χ1n) is 5.51. The maximum absolute atomic E-state index is 5.29. The molecular weight excluding hydrogens is 216 g/mol. The molecule has 1 saturated carbocycles. The van der Waals surface area contributed by atoms with Crippen molar-refractivity contribution in [2.45, 2.75) is 12.8 Å². The van der Waals surface area contributed by atoms with Crippen LogP contribution >= 0.6 is 0 Å². The van der Waals surface area contributed by atoms with Crippen LogP contribution in [0.1, 0.15) is 18.4 Å². The number of ether oxygens (including phenoxy) is 1. The minimum atomic E-state index is -0.0170. The fourth-order valence-electron chi connectivity index (χ4n) is 1.61. The Morgan fingerprint density at radius 1 is 1.18 bits per heavy atom. The van der Waals surface area contributed by atoms with Gasteiger partial charge in [-0.2, -0.15) is 5.10 Å². The van der Waals surface area contributed by atoms with Crippen molar-refractivity contribution in [2.75, 3.05) is 7.11 Å². The molecule has 0 amide bonds. The molecule has 17 heavy (non-hydrogen) atoms. The van der Waals surface area contributed by atoms with Crippen molar-refractivity contribution in [3.05, 3.63) is 29.8 Å². The SMILES string of the molecule is COc1ccc(C(=NN=C(N)N)C2CC2)cc1. The molecule has 0 spiro atoms. The summed E-state index contributed by atoms with van der Waals surface area (Å²) in [6, 6.07) is 7.75.